The second kappa shape index (κ2) is 8.22. The Kier molecular flexibility index (Phi) is 6.29. The number of anilines is 2. The molecule has 2 rings (SSSR count). The average Bonchev–Trinajstić information content (AvgIpc) is 2.97. The second-order valence-corrected chi connectivity index (χ2v) is 5.61. The number of likely N-dealkylation sites (tertiary alicyclic amines) is 1. The van der Waals surface area contributed by atoms with E-state index in [1.165, 1.54) is 12.8 Å². The molecule has 0 aliphatic carbocycles. The SMILES string of the molecule is O=C(CN1CCCC1)Nc1cccc(NCC(O)CCl)c1. The fourth-order valence-corrected chi connectivity index (χ4v) is 2.45. The first-order valence-electron chi connectivity index (χ1n) is 7.27. The van der Waals surface area contributed by atoms with Gasteiger partial charge >= 0.3 is 0 Å². The highest BCUT2D eigenvalue weighted by Gasteiger charge is 2.15. The van der Waals surface area contributed by atoms with E-state index in [0.717, 1.165) is 24.5 Å². The van der Waals surface area contributed by atoms with Crippen LogP contribution in [0.4, 0.5) is 11.4 Å². The van der Waals surface area contributed by atoms with Gasteiger partial charge in [0.15, 0.2) is 0 Å². The number of alkyl halides is 1. The van der Waals surface area contributed by atoms with Crippen molar-refractivity contribution in [1.82, 2.24) is 4.90 Å². The van der Waals surface area contributed by atoms with Crippen LogP contribution in [0.3, 0.4) is 0 Å². The summed E-state index contributed by atoms with van der Waals surface area (Å²) in [5, 5.41) is 15.4. The van der Waals surface area contributed by atoms with Crippen molar-refractivity contribution in [2.24, 2.45) is 0 Å². The van der Waals surface area contributed by atoms with E-state index in [2.05, 4.69) is 15.5 Å². The molecule has 0 radical (unpaired) electrons. The van der Waals surface area contributed by atoms with Crippen LogP contribution in [-0.2, 0) is 4.79 Å². The number of aliphatic hydroxyl groups excluding tert-OH is 1. The molecule has 1 fully saturated rings. The van der Waals surface area contributed by atoms with Crippen LogP contribution in [0.2, 0.25) is 0 Å². The molecule has 1 amide bonds. The Bertz CT molecular complexity index is 464. The first-order chi connectivity index (χ1) is 10.2. The minimum Gasteiger partial charge on any atom is -0.390 e. The maximum Gasteiger partial charge on any atom is 0.238 e. The predicted molar refractivity (Wildman–Crippen MR) is 86.0 cm³/mol. The van der Waals surface area contributed by atoms with Gasteiger partial charge in [0.1, 0.15) is 0 Å². The normalized spacial score (nSPS) is 16.7. The Balaban J connectivity index is 1.83. The van der Waals surface area contributed by atoms with Crippen LogP contribution in [0.25, 0.3) is 0 Å². The number of nitrogens with one attached hydrogen (secondary N) is 2. The zero-order valence-corrected chi connectivity index (χ0v) is 12.8. The first-order valence-corrected chi connectivity index (χ1v) is 7.81. The summed E-state index contributed by atoms with van der Waals surface area (Å²) >= 11 is 5.55. The van der Waals surface area contributed by atoms with Gasteiger partial charge in [-0.2, -0.15) is 0 Å². The largest absolute Gasteiger partial charge is 0.390 e. The van der Waals surface area contributed by atoms with E-state index in [9.17, 15) is 9.90 Å². The van der Waals surface area contributed by atoms with Crippen LogP contribution >= 0.6 is 11.6 Å². The third-order valence-corrected chi connectivity index (χ3v) is 3.79. The van der Waals surface area contributed by atoms with E-state index in [1.807, 2.05) is 24.3 Å². The van der Waals surface area contributed by atoms with Crippen molar-refractivity contribution < 1.29 is 9.90 Å². The van der Waals surface area contributed by atoms with Crippen molar-refractivity contribution >= 4 is 28.9 Å². The molecule has 1 heterocycles. The Labute approximate surface area is 130 Å². The fourth-order valence-electron chi connectivity index (χ4n) is 2.34. The van der Waals surface area contributed by atoms with Gasteiger partial charge in [-0.1, -0.05) is 6.07 Å². The van der Waals surface area contributed by atoms with E-state index in [4.69, 9.17) is 11.6 Å². The molecule has 1 atom stereocenters. The molecule has 1 aliphatic rings. The molecular formula is C15H22ClN3O2. The topological polar surface area (TPSA) is 64.6 Å². The molecule has 1 aromatic carbocycles. The van der Waals surface area contributed by atoms with Crippen molar-refractivity contribution in [2.75, 3.05) is 42.7 Å². The summed E-state index contributed by atoms with van der Waals surface area (Å²) in [5.41, 5.74) is 1.60. The number of benzene rings is 1. The van der Waals surface area contributed by atoms with Crippen LogP contribution in [-0.4, -0.2) is 54.1 Å². The van der Waals surface area contributed by atoms with E-state index < -0.39 is 6.10 Å². The quantitative estimate of drug-likeness (QED) is 0.671. The van der Waals surface area contributed by atoms with E-state index >= 15 is 0 Å². The molecule has 3 N–H and O–H groups in total. The van der Waals surface area contributed by atoms with Crippen molar-refractivity contribution in [1.29, 1.82) is 0 Å². The molecule has 6 heteroatoms. The number of rotatable bonds is 7. The van der Waals surface area contributed by atoms with Crippen molar-refractivity contribution in [3.63, 3.8) is 0 Å². The maximum absolute atomic E-state index is 12.0. The second-order valence-electron chi connectivity index (χ2n) is 5.30. The molecular weight excluding hydrogens is 290 g/mol. The highest BCUT2D eigenvalue weighted by molar-refractivity contribution is 6.18. The number of aliphatic hydroxyl groups is 1. The molecule has 0 saturated carbocycles. The van der Waals surface area contributed by atoms with Crippen molar-refractivity contribution in [3.05, 3.63) is 24.3 Å². The molecule has 21 heavy (non-hydrogen) atoms. The zero-order chi connectivity index (χ0) is 15.1. The van der Waals surface area contributed by atoms with Crippen molar-refractivity contribution in [3.8, 4) is 0 Å². The Morgan fingerprint density at radius 1 is 1.33 bits per heavy atom. The van der Waals surface area contributed by atoms with E-state index in [1.54, 1.807) is 0 Å². The van der Waals surface area contributed by atoms with Crippen LogP contribution in [0.1, 0.15) is 12.8 Å². The lowest BCUT2D eigenvalue weighted by atomic mass is 10.2. The molecule has 0 aromatic heterocycles. The Morgan fingerprint density at radius 3 is 2.76 bits per heavy atom. The molecule has 1 aromatic rings. The van der Waals surface area contributed by atoms with Gasteiger partial charge in [0.05, 0.1) is 18.5 Å². The number of nitrogens with zero attached hydrogens (tertiary/aromatic N) is 1. The minimum atomic E-state index is -0.583. The van der Waals surface area contributed by atoms with Gasteiger partial charge in [0.25, 0.3) is 0 Å². The molecule has 0 spiro atoms. The fraction of sp³-hybridized carbons (Fsp3) is 0.533. The maximum atomic E-state index is 12.0. The van der Waals surface area contributed by atoms with Gasteiger partial charge in [-0.3, -0.25) is 9.69 Å². The third kappa shape index (κ3) is 5.53. The molecule has 116 valence electrons. The number of hydrogen-bond acceptors (Lipinski definition) is 4. The molecule has 5 nitrogen and oxygen atoms in total. The van der Waals surface area contributed by atoms with Gasteiger partial charge in [0, 0.05) is 17.9 Å². The van der Waals surface area contributed by atoms with Gasteiger partial charge in [-0.15, -0.1) is 11.6 Å². The van der Waals surface area contributed by atoms with Crippen LogP contribution < -0.4 is 10.6 Å². The predicted octanol–water partition coefficient (Wildman–Crippen LogP) is 1.73. The monoisotopic (exact) mass is 311 g/mol. The Hall–Kier alpha value is -1.30. The molecule has 1 aliphatic heterocycles. The Morgan fingerprint density at radius 2 is 2.05 bits per heavy atom. The lowest BCUT2D eigenvalue weighted by Gasteiger charge is -2.15. The molecule has 0 bridgehead atoms. The van der Waals surface area contributed by atoms with Crippen LogP contribution in [0.15, 0.2) is 24.3 Å². The number of carbonyl (C=O) groups is 1. The van der Waals surface area contributed by atoms with Crippen LogP contribution in [0.5, 0.6) is 0 Å². The third-order valence-electron chi connectivity index (χ3n) is 3.43. The standard InChI is InChI=1S/C15H22ClN3O2/c16-9-14(20)10-17-12-4-3-5-13(8-12)18-15(21)11-19-6-1-2-7-19/h3-5,8,14,17,20H,1-2,6-7,9-11H2,(H,18,21). The van der Waals surface area contributed by atoms with Crippen LogP contribution in [0, 0.1) is 0 Å². The summed E-state index contributed by atoms with van der Waals surface area (Å²) in [5.74, 6) is 0.203. The molecule has 1 saturated heterocycles. The number of hydrogen-bond donors (Lipinski definition) is 3. The van der Waals surface area contributed by atoms with Gasteiger partial charge in [-0.25, -0.2) is 0 Å². The summed E-state index contributed by atoms with van der Waals surface area (Å²) in [6.07, 6.45) is 1.77. The summed E-state index contributed by atoms with van der Waals surface area (Å²) in [6, 6.07) is 7.45. The summed E-state index contributed by atoms with van der Waals surface area (Å²) in [4.78, 5) is 14.1. The number of halogens is 1. The first kappa shape index (κ1) is 16.1. The van der Waals surface area contributed by atoms with E-state index in [0.29, 0.717) is 13.1 Å². The lowest BCUT2D eigenvalue weighted by molar-refractivity contribution is -0.117. The highest BCUT2D eigenvalue weighted by atomic mass is 35.5. The van der Waals surface area contributed by atoms with Gasteiger partial charge < -0.3 is 15.7 Å². The number of carbonyl (C=O) groups excluding carboxylic acids is 1. The van der Waals surface area contributed by atoms with Crippen molar-refractivity contribution in [2.45, 2.75) is 18.9 Å². The summed E-state index contributed by atoms with van der Waals surface area (Å²) in [7, 11) is 0. The lowest BCUT2D eigenvalue weighted by Crippen LogP contribution is -2.30. The summed E-state index contributed by atoms with van der Waals surface area (Å²) < 4.78 is 0. The van der Waals surface area contributed by atoms with Gasteiger partial charge in [0.2, 0.25) is 5.91 Å². The smallest absolute Gasteiger partial charge is 0.238 e. The average molecular weight is 312 g/mol. The summed E-state index contributed by atoms with van der Waals surface area (Å²) in [6.45, 7) is 2.84. The number of amides is 1. The van der Waals surface area contributed by atoms with E-state index in [-0.39, 0.29) is 11.8 Å². The van der Waals surface area contributed by atoms with Gasteiger partial charge in [-0.05, 0) is 44.1 Å². The molecule has 1 unspecified atom stereocenters. The minimum absolute atomic E-state index is 0.00911. The highest BCUT2D eigenvalue weighted by Crippen LogP contribution is 2.15. The zero-order valence-electron chi connectivity index (χ0n) is 12.0.